The third kappa shape index (κ3) is 2.67. The highest BCUT2D eigenvalue weighted by Crippen LogP contribution is 2.15. The summed E-state index contributed by atoms with van der Waals surface area (Å²) in [5.41, 5.74) is 6.09. The van der Waals surface area contributed by atoms with E-state index in [2.05, 4.69) is 0 Å². The molecule has 102 valence electrons. The van der Waals surface area contributed by atoms with Gasteiger partial charge in [-0.1, -0.05) is 6.07 Å². The molecule has 0 aliphatic carbocycles. The fourth-order valence-corrected chi connectivity index (χ4v) is 2.06. The molecule has 1 saturated heterocycles. The second-order valence-corrected chi connectivity index (χ2v) is 4.47. The third-order valence-corrected chi connectivity index (χ3v) is 3.22. The molecular formula is C13H16FN3O2. The van der Waals surface area contributed by atoms with E-state index in [-0.39, 0.29) is 12.2 Å². The van der Waals surface area contributed by atoms with Gasteiger partial charge in [0.2, 0.25) is 0 Å². The lowest BCUT2D eigenvalue weighted by Crippen LogP contribution is -2.53. The molecule has 2 amide bonds. The zero-order valence-corrected chi connectivity index (χ0v) is 10.7. The minimum atomic E-state index is -0.537. The Hall–Kier alpha value is -2.11. The van der Waals surface area contributed by atoms with Crippen LogP contribution in [0.2, 0.25) is 0 Å². The maximum absolute atomic E-state index is 13.3. The van der Waals surface area contributed by atoms with Gasteiger partial charge in [-0.25, -0.2) is 4.39 Å². The van der Waals surface area contributed by atoms with Gasteiger partial charge in [-0.2, -0.15) is 0 Å². The molecule has 2 N–H and O–H groups in total. The Kier molecular flexibility index (Phi) is 3.69. The number of carbonyl (C=O) groups is 2. The van der Waals surface area contributed by atoms with Gasteiger partial charge in [0.05, 0.1) is 5.69 Å². The molecule has 6 heteroatoms. The Morgan fingerprint density at radius 2 is 1.84 bits per heavy atom. The zero-order chi connectivity index (χ0) is 14.0. The van der Waals surface area contributed by atoms with Crippen LogP contribution >= 0.6 is 0 Å². The van der Waals surface area contributed by atoms with Gasteiger partial charge in [0.1, 0.15) is 5.82 Å². The van der Waals surface area contributed by atoms with Crippen LogP contribution in [-0.2, 0) is 16.1 Å². The molecule has 2 rings (SSSR count). The van der Waals surface area contributed by atoms with E-state index in [4.69, 9.17) is 5.73 Å². The van der Waals surface area contributed by atoms with E-state index < -0.39 is 17.6 Å². The molecule has 19 heavy (non-hydrogen) atoms. The van der Waals surface area contributed by atoms with Crippen molar-refractivity contribution >= 4 is 17.5 Å². The van der Waals surface area contributed by atoms with E-state index >= 15 is 0 Å². The number of carbonyl (C=O) groups excluding carboxylic acids is 2. The normalized spacial score (nSPS) is 16.1. The van der Waals surface area contributed by atoms with Crippen LogP contribution in [0.1, 0.15) is 12.5 Å². The quantitative estimate of drug-likeness (QED) is 0.643. The molecule has 0 saturated carbocycles. The molecule has 1 fully saturated rings. The second-order valence-electron chi connectivity index (χ2n) is 4.47. The molecule has 1 aromatic carbocycles. The number of rotatable bonds is 3. The standard InChI is InChI=1S/C13H16FN3O2/c1-2-16-5-6-17(13(19)12(16)18)8-9-3-4-11(15)10(14)7-9/h3-4,7H,2,5-6,8,15H2,1H3. The van der Waals surface area contributed by atoms with Crippen molar-refractivity contribution in [1.29, 1.82) is 0 Å². The van der Waals surface area contributed by atoms with Crippen LogP contribution < -0.4 is 5.73 Å². The van der Waals surface area contributed by atoms with Crippen molar-refractivity contribution in [2.24, 2.45) is 0 Å². The van der Waals surface area contributed by atoms with Gasteiger partial charge in [-0.05, 0) is 24.6 Å². The largest absolute Gasteiger partial charge is 0.396 e. The molecule has 0 aromatic heterocycles. The number of amides is 2. The van der Waals surface area contributed by atoms with E-state index in [1.54, 1.807) is 6.07 Å². The van der Waals surface area contributed by atoms with E-state index in [1.165, 1.54) is 21.9 Å². The molecule has 0 atom stereocenters. The van der Waals surface area contributed by atoms with E-state index in [1.807, 2.05) is 6.92 Å². The number of benzene rings is 1. The number of likely N-dealkylation sites (N-methyl/N-ethyl adjacent to an activating group) is 1. The highest BCUT2D eigenvalue weighted by atomic mass is 19.1. The first-order valence-corrected chi connectivity index (χ1v) is 6.15. The van der Waals surface area contributed by atoms with Crippen LogP contribution in [0.15, 0.2) is 18.2 Å². The topological polar surface area (TPSA) is 66.6 Å². The molecule has 0 bridgehead atoms. The number of nitrogens with two attached hydrogens (primary N) is 1. The molecule has 1 heterocycles. The minimum Gasteiger partial charge on any atom is -0.396 e. The summed E-state index contributed by atoms with van der Waals surface area (Å²) in [5, 5.41) is 0. The third-order valence-electron chi connectivity index (χ3n) is 3.22. The SMILES string of the molecule is CCN1CCN(Cc2ccc(N)c(F)c2)C(=O)C1=O. The van der Waals surface area contributed by atoms with Crippen molar-refractivity contribution in [3.8, 4) is 0 Å². The van der Waals surface area contributed by atoms with E-state index in [0.29, 0.717) is 25.2 Å². The first kappa shape index (κ1) is 13.3. The van der Waals surface area contributed by atoms with Gasteiger partial charge in [-0.3, -0.25) is 9.59 Å². The fourth-order valence-electron chi connectivity index (χ4n) is 2.06. The number of hydrogen-bond acceptors (Lipinski definition) is 3. The molecular weight excluding hydrogens is 249 g/mol. The van der Waals surface area contributed by atoms with Gasteiger partial charge in [0.15, 0.2) is 0 Å². The van der Waals surface area contributed by atoms with Crippen molar-refractivity contribution in [2.75, 3.05) is 25.4 Å². The molecule has 0 spiro atoms. The number of halogens is 1. The summed E-state index contributed by atoms with van der Waals surface area (Å²) in [4.78, 5) is 26.5. The van der Waals surface area contributed by atoms with Gasteiger partial charge in [0, 0.05) is 26.2 Å². The lowest BCUT2D eigenvalue weighted by atomic mass is 10.1. The summed E-state index contributed by atoms with van der Waals surface area (Å²) in [7, 11) is 0. The maximum Gasteiger partial charge on any atom is 0.312 e. The monoisotopic (exact) mass is 265 g/mol. The fraction of sp³-hybridized carbons (Fsp3) is 0.385. The molecule has 5 nitrogen and oxygen atoms in total. The van der Waals surface area contributed by atoms with Crippen LogP contribution in [0.25, 0.3) is 0 Å². The first-order chi connectivity index (χ1) is 9.02. The lowest BCUT2D eigenvalue weighted by molar-refractivity contribution is -0.156. The van der Waals surface area contributed by atoms with Crippen molar-refractivity contribution in [3.63, 3.8) is 0 Å². The average Bonchev–Trinajstić information content (AvgIpc) is 2.40. The summed E-state index contributed by atoms with van der Waals surface area (Å²) in [5.74, 6) is -1.54. The predicted octanol–water partition coefficient (Wildman–Crippen LogP) is 0.599. The molecule has 0 unspecified atom stereocenters. The maximum atomic E-state index is 13.3. The molecule has 1 aromatic rings. The zero-order valence-electron chi connectivity index (χ0n) is 10.7. The van der Waals surface area contributed by atoms with Crippen LogP contribution in [0, 0.1) is 5.82 Å². The molecule has 1 aliphatic rings. The molecule has 1 aliphatic heterocycles. The van der Waals surface area contributed by atoms with E-state index in [0.717, 1.165) is 0 Å². The lowest BCUT2D eigenvalue weighted by Gasteiger charge is -2.33. The summed E-state index contributed by atoms with van der Waals surface area (Å²) in [6, 6.07) is 4.40. The minimum absolute atomic E-state index is 0.0713. The number of piperazine rings is 1. The van der Waals surface area contributed by atoms with Crippen LogP contribution in [0.4, 0.5) is 10.1 Å². The highest BCUT2D eigenvalue weighted by molar-refractivity contribution is 6.35. The van der Waals surface area contributed by atoms with Crippen molar-refractivity contribution in [1.82, 2.24) is 9.80 Å². The first-order valence-electron chi connectivity index (χ1n) is 6.15. The number of hydrogen-bond donors (Lipinski definition) is 1. The van der Waals surface area contributed by atoms with E-state index in [9.17, 15) is 14.0 Å². The van der Waals surface area contributed by atoms with Crippen molar-refractivity contribution in [3.05, 3.63) is 29.6 Å². The Morgan fingerprint density at radius 1 is 1.21 bits per heavy atom. The Balaban J connectivity index is 2.09. The number of nitrogen functional groups attached to an aromatic ring is 1. The number of nitrogens with zero attached hydrogens (tertiary/aromatic N) is 2. The van der Waals surface area contributed by atoms with Crippen molar-refractivity contribution in [2.45, 2.75) is 13.5 Å². The van der Waals surface area contributed by atoms with Gasteiger partial charge >= 0.3 is 11.8 Å². The Bertz CT molecular complexity index is 519. The smallest absolute Gasteiger partial charge is 0.312 e. The predicted molar refractivity (Wildman–Crippen MR) is 68.5 cm³/mol. The Morgan fingerprint density at radius 3 is 2.47 bits per heavy atom. The van der Waals surface area contributed by atoms with Gasteiger partial charge in [0.25, 0.3) is 0 Å². The van der Waals surface area contributed by atoms with Crippen LogP contribution in [-0.4, -0.2) is 41.2 Å². The second kappa shape index (κ2) is 5.26. The highest BCUT2D eigenvalue weighted by Gasteiger charge is 2.31. The van der Waals surface area contributed by atoms with Crippen LogP contribution in [0.3, 0.4) is 0 Å². The summed E-state index contributed by atoms with van der Waals surface area (Å²) >= 11 is 0. The summed E-state index contributed by atoms with van der Waals surface area (Å²) in [6.45, 7) is 3.55. The number of anilines is 1. The average molecular weight is 265 g/mol. The van der Waals surface area contributed by atoms with Gasteiger partial charge < -0.3 is 15.5 Å². The molecule has 0 radical (unpaired) electrons. The summed E-state index contributed by atoms with van der Waals surface area (Å²) < 4.78 is 13.3. The summed E-state index contributed by atoms with van der Waals surface area (Å²) in [6.07, 6.45) is 0. The van der Waals surface area contributed by atoms with Crippen molar-refractivity contribution < 1.29 is 14.0 Å². The van der Waals surface area contributed by atoms with Crippen LogP contribution in [0.5, 0.6) is 0 Å². The Labute approximate surface area is 110 Å². The van der Waals surface area contributed by atoms with Gasteiger partial charge in [-0.15, -0.1) is 0 Å².